The molecule has 2 aromatic carbocycles. The third kappa shape index (κ3) is 4.86. The van der Waals surface area contributed by atoms with Gasteiger partial charge in [-0.15, -0.1) is 0 Å². The number of benzene rings is 2. The lowest BCUT2D eigenvalue weighted by molar-refractivity contribution is -0.126. The molecule has 0 bridgehead atoms. The first-order valence-corrected chi connectivity index (χ1v) is 12.7. The van der Waals surface area contributed by atoms with Crippen LogP contribution in [0, 0.1) is 11.6 Å². The van der Waals surface area contributed by atoms with Crippen LogP contribution in [0.15, 0.2) is 83.5 Å². The van der Waals surface area contributed by atoms with Gasteiger partial charge in [0.2, 0.25) is 5.88 Å². The molecular weight excluding hydrogens is 542 g/mol. The fraction of sp³-hybridized carbons (Fsp3) is 0.207. The molecule has 40 heavy (non-hydrogen) atoms. The molecule has 0 spiro atoms. The summed E-state index contributed by atoms with van der Waals surface area (Å²) in [6.07, 6.45) is 1.89. The van der Waals surface area contributed by atoms with E-state index < -0.39 is 23.4 Å². The third-order valence-corrected chi connectivity index (χ3v) is 7.07. The van der Waals surface area contributed by atoms with Crippen LogP contribution in [0.25, 0.3) is 0 Å². The van der Waals surface area contributed by atoms with Crippen LogP contribution in [-0.2, 0) is 4.79 Å². The van der Waals surface area contributed by atoms with E-state index in [9.17, 15) is 18.7 Å². The van der Waals surface area contributed by atoms with Crippen molar-refractivity contribution in [2.45, 2.75) is 12.3 Å². The third-order valence-electron chi connectivity index (χ3n) is 6.85. The van der Waals surface area contributed by atoms with Gasteiger partial charge >= 0.3 is 0 Å². The fourth-order valence-electron chi connectivity index (χ4n) is 4.93. The highest BCUT2D eigenvalue weighted by molar-refractivity contribution is 6.30. The molecule has 1 N–H and O–H groups in total. The maximum Gasteiger partial charge on any atom is 0.261 e. The van der Waals surface area contributed by atoms with Gasteiger partial charge in [-0.3, -0.25) is 14.7 Å². The smallest absolute Gasteiger partial charge is 0.261 e. The van der Waals surface area contributed by atoms with E-state index in [1.54, 1.807) is 30.3 Å². The molecule has 0 saturated carbocycles. The second-order valence-electron chi connectivity index (χ2n) is 9.19. The van der Waals surface area contributed by atoms with Gasteiger partial charge in [-0.2, -0.15) is 0 Å². The lowest BCUT2D eigenvalue weighted by atomic mass is 9.98. The Morgan fingerprint density at radius 1 is 1.12 bits per heavy atom. The minimum atomic E-state index is -0.670. The molecule has 0 radical (unpaired) electrons. The largest absolute Gasteiger partial charge is 0.494 e. The molecule has 1 fully saturated rings. The van der Waals surface area contributed by atoms with Gasteiger partial charge < -0.3 is 19.5 Å². The van der Waals surface area contributed by atoms with Crippen LogP contribution in [0.5, 0.6) is 11.5 Å². The summed E-state index contributed by atoms with van der Waals surface area (Å²) in [6, 6.07) is 11.7. The van der Waals surface area contributed by atoms with E-state index in [0.29, 0.717) is 34.2 Å². The summed E-state index contributed by atoms with van der Waals surface area (Å²) in [4.78, 5) is 25.5. The van der Waals surface area contributed by atoms with Crippen LogP contribution < -0.4 is 14.4 Å². The van der Waals surface area contributed by atoms with E-state index in [0.717, 1.165) is 6.07 Å². The first-order valence-electron chi connectivity index (χ1n) is 12.3. The van der Waals surface area contributed by atoms with E-state index in [1.807, 2.05) is 0 Å². The Hall–Kier alpha value is -4.44. The Morgan fingerprint density at radius 2 is 1.85 bits per heavy atom. The van der Waals surface area contributed by atoms with Crippen molar-refractivity contribution in [1.82, 2.24) is 9.88 Å². The lowest BCUT2D eigenvalue weighted by Gasteiger charge is -2.33. The molecule has 1 amide bonds. The number of aliphatic hydroxyl groups excluding tert-OH is 1. The summed E-state index contributed by atoms with van der Waals surface area (Å²) in [5.74, 6) is -1.86. The molecule has 11 heteroatoms. The van der Waals surface area contributed by atoms with Crippen molar-refractivity contribution in [2.24, 2.45) is 4.99 Å². The molecule has 2 aliphatic rings. The number of aliphatic hydroxyl groups is 1. The van der Waals surface area contributed by atoms with E-state index in [2.05, 4.69) is 16.6 Å². The Kier molecular flexibility index (Phi) is 7.44. The highest BCUT2D eigenvalue weighted by Gasteiger charge is 2.39. The number of para-hydroxylation sites is 1. The minimum absolute atomic E-state index is 0.00998. The molecule has 1 atom stereocenters. The number of pyridine rings is 1. The molecule has 3 heterocycles. The zero-order valence-electron chi connectivity index (χ0n) is 21.7. The van der Waals surface area contributed by atoms with Gasteiger partial charge in [0.1, 0.15) is 40.1 Å². The number of rotatable bonds is 6. The number of ether oxygens (including phenoxy) is 2. The predicted octanol–water partition coefficient (Wildman–Crippen LogP) is 5.60. The van der Waals surface area contributed by atoms with Gasteiger partial charge in [0, 0.05) is 31.3 Å². The number of halogens is 3. The van der Waals surface area contributed by atoms with E-state index >= 15 is 0 Å². The molecule has 3 aromatic rings. The van der Waals surface area contributed by atoms with E-state index in [1.165, 1.54) is 42.3 Å². The van der Waals surface area contributed by atoms with Gasteiger partial charge in [0.05, 0.1) is 24.9 Å². The molecule has 8 nitrogen and oxygen atoms in total. The number of hydrogen-bond acceptors (Lipinski definition) is 7. The van der Waals surface area contributed by atoms with Gasteiger partial charge in [0.15, 0.2) is 5.84 Å². The number of hydrogen-bond donors (Lipinski definition) is 1. The fourth-order valence-corrected chi connectivity index (χ4v) is 5.04. The highest BCUT2D eigenvalue weighted by Crippen LogP contribution is 2.43. The Morgan fingerprint density at radius 3 is 2.48 bits per heavy atom. The minimum Gasteiger partial charge on any atom is -0.494 e. The number of carbonyl (C=O) groups excluding carboxylic acids is 1. The van der Waals surface area contributed by atoms with Crippen molar-refractivity contribution >= 4 is 29.0 Å². The number of nitrogens with zero attached hydrogens (tertiary/aromatic N) is 4. The van der Waals surface area contributed by atoms with Crippen molar-refractivity contribution in [1.29, 1.82) is 0 Å². The quantitative estimate of drug-likeness (QED) is 0.418. The number of likely N-dealkylation sites (tertiary alicyclic amines) is 1. The Bertz CT molecular complexity index is 1540. The zero-order chi connectivity index (χ0) is 28.6. The molecule has 1 unspecified atom stereocenters. The average molecular weight is 567 g/mol. The number of anilines is 1. The van der Waals surface area contributed by atoms with Crippen LogP contribution >= 0.6 is 11.6 Å². The van der Waals surface area contributed by atoms with Gasteiger partial charge in [-0.1, -0.05) is 30.3 Å². The highest BCUT2D eigenvalue weighted by atomic mass is 35.5. The van der Waals surface area contributed by atoms with Crippen molar-refractivity contribution in [3.63, 3.8) is 0 Å². The maximum atomic E-state index is 14.5. The first kappa shape index (κ1) is 27.1. The van der Waals surface area contributed by atoms with Gasteiger partial charge in [-0.25, -0.2) is 13.8 Å². The SMILES string of the molecule is C=C1N=C(c2ccc(Cl)cn2)N(c2c(OC)cccc2OC)C(O)=C1C(=O)N1CCC(c2ccc(F)cc2F)C1. The van der Waals surface area contributed by atoms with Gasteiger partial charge in [-0.05, 0) is 42.3 Å². The second kappa shape index (κ2) is 11.0. The van der Waals surface area contributed by atoms with Crippen LogP contribution in [0.4, 0.5) is 14.5 Å². The summed E-state index contributed by atoms with van der Waals surface area (Å²) in [5, 5.41) is 12.1. The zero-order valence-corrected chi connectivity index (χ0v) is 22.5. The summed E-state index contributed by atoms with van der Waals surface area (Å²) < 4.78 is 39.0. The maximum absolute atomic E-state index is 14.5. The molecule has 2 aliphatic heterocycles. The summed E-state index contributed by atoms with van der Waals surface area (Å²) >= 11 is 6.04. The number of methoxy groups -OCH3 is 2. The van der Waals surface area contributed by atoms with E-state index in [-0.39, 0.29) is 41.8 Å². The lowest BCUT2D eigenvalue weighted by Crippen LogP contribution is -2.40. The average Bonchev–Trinajstić information content (AvgIpc) is 3.43. The number of aromatic nitrogens is 1. The number of carbonyl (C=O) groups is 1. The number of amidine groups is 1. The van der Waals surface area contributed by atoms with Crippen LogP contribution in [0.3, 0.4) is 0 Å². The van der Waals surface area contributed by atoms with E-state index in [4.69, 9.17) is 21.1 Å². The topological polar surface area (TPSA) is 87.5 Å². The van der Waals surface area contributed by atoms with Crippen molar-refractivity contribution in [3.05, 3.63) is 106 Å². The van der Waals surface area contributed by atoms with Crippen molar-refractivity contribution in [3.8, 4) is 11.5 Å². The van der Waals surface area contributed by atoms with Crippen molar-refractivity contribution < 1.29 is 28.2 Å². The molecule has 1 saturated heterocycles. The first-order chi connectivity index (χ1) is 19.2. The summed E-state index contributed by atoms with van der Waals surface area (Å²) in [6.45, 7) is 4.40. The van der Waals surface area contributed by atoms with Crippen LogP contribution in [0.2, 0.25) is 5.02 Å². The van der Waals surface area contributed by atoms with Crippen molar-refractivity contribution in [2.75, 3.05) is 32.2 Å². The molecule has 5 rings (SSSR count). The molecule has 1 aromatic heterocycles. The number of aliphatic imine (C=N–C) groups is 1. The van der Waals surface area contributed by atoms with Crippen LogP contribution in [-0.4, -0.2) is 54.0 Å². The second-order valence-corrected chi connectivity index (χ2v) is 9.63. The summed E-state index contributed by atoms with van der Waals surface area (Å²) in [5.41, 5.74) is 0.809. The number of amides is 1. The molecular formula is C29H25ClF2N4O4. The predicted molar refractivity (Wildman–Crippen MR) is 147 cm³/mol. The summed E-state index contributed by atoms with van der Waals surface area (Å²) in [7, 11) is 2.93. The Labute approximate surface area is 234 Å². The van der Waals surface area contributed by atoms with Crippen LogP contribution in [0.1, 0.15) is 23.6 Å². The Balaban J connectivity index is 1.57. The monoisotopic (exact) mass is 566 g/mol. The van der Waals surface area contributed by atoms with Gasteiger partial charge in [0.25, 0.3) is 5.91 Å². The standard InChI is InChI=1S/C29H25ClF2N4O4/c1-16-25(28(37)35-12-11-17(15-35)20-9-8-19(31)13-21(20)32)29(38)36(26-23(39-2)5-4-6-24(26)40-3)27(34-16)22-10-7-18(30)14-33-22/h4-10,13-14,17,38H,1,11-12,15H2,2-3H3. The normalized spacial score (nSPS) is 17.3. The molecule has 0 aliphatic carbocycles. The molecule has 206 valence electrons.